The van der Waals surface area contributed by atoms with Gasteiger partial charge in [0, 0.05) is 17.4 Å². The van der Waals surface area contributed by atoms with Gasteiger partial charge in [-0.15, -0.1) is 0 Å². The number of hydrogen-bond acceptors (Lipinski definition) is 2. The molecule has 76 valence electrons. The van der Waals surface area contributed by atoms with Crippen LogP contribution in [0.4, 0.5) is 0 Å². The van der Waals surface area contributed by atoms with Gasteiger partial charge >= 0.3 is 0 Å². The minimum Gasteiger partial charge on any atom is -0.228 e. The minimum atomic E-state index is 0.215. The summed E-state index contributed by atoms with van der Waals surface area (Å²) in [6.07, 6.45) is 2.90. The van der Waals surface area contributed by atoms with Crippen LogP contribution in [0, 0.1) is 0 Å². The Morgan fingerprint density at radius 3 is 2.43 bits per heavy atom. The zero-order valence-electron chi connectivity index (χ0n) is 9.03. The summed E-state index contributed by atoms with van der Waals surface area (Å²) in [7, 11) is 0. The van der Waals surface area contributed by atoms with Gasteiger partial charge in [-0.1, -0.05) is 30.3 Å². The van der Waals surface area contributed by atoms with Gasteiger partial charge in [0.1, 0.15) is 0 Å². The summed E-state index contributed by atoms with van der Waals surface area (Å²) in [5.41, 5.74) is 1.31. The molecule has 0 aliphatic heterocycles. The molecule has 0 radical (unpaired) electrons. The highest BCUT2D eigenvalue weighted by molar-refractivity contribution is 7.99. The van der Waals surface area contributed by atoms with Crippen LogP contribution in [0.2, 0.25) is 0 Å². The Hall–Kier alpha value is -0.760. The number of nitrogens with zero attached hydrogens (tertiary/aromatic N) is 1. The molecule has 1 aromatic rings. The van der Waals surface area contributed by atoms with Crippen LogP contribution in [0.15, 0.2) is 34.7 Å². The van der Waals surface area contributed by atoms with Crippen LogP contribution in [-0.2, 0) is 6.42 Å². The lowest BCUT2D eigenvalue weighted by Gasteiger charge is -2.12. The molecule has 0 atom stereocenters. The van der Waals surface area contributed by atoms with Crippen LogP contribution in [0.3, 0.4) is 0 Å². The fourth-order valence-corrected chi connectivity index (χ4v) is 1.42. The molecule has 0 aliphatic rings. The van der Waals surface area contributed by atoms with Crippen LogP contribution in [0.25, 0.3) is 0 Å². The van der Waals surface area contributed by atoms with Crippen molar-refractivity contribution in [3.8, 4) is 0 Å². The van der Waals surface area contributed by atoms with Crippen molar-refractivity contribution in [2.45, 2.75) is 31.9 Å². The molecular formula is C12H17NS. The third-order valence-corrected chi connectivity index (χ3v) is 2.37. The fourth-order valence-electron chi connectivity index (χ4n) is 0.952. The van der Waals surface area contributed by atoms with Crippen molar-refractivity contribution in [1.82, 2.24) is 0 Å². The van der Waals surface area contributed by atoms with E-state index in [4.69, 9.17) is 0 Å². The van der Waals surface area contributed by atoms with Crippen molar-refractivity contribution in [2.75, 3.05) is 0 Å². The lowest BCUT2D eigenvalue weighted by molar-refractivity contribution is 0.804. The largest absolute Gasteiger partial charge is 0.228 e. The van der Waals surface area contributed by atoms with E-state index in [1.54, 1.807) is 11.9 Å². The molecule has 0 bridgehead atoms. The van der Waals surface area contributed by atoms with Crippen molar-refractivity contribution in [2.24, 2.45) is 4.40 Å². The molecular weight excluding hydrogens is 190 g/mol. The zero-order valence-corrected chi connectivity index (χ0v) is 9.84. The van der Waals surface area contributed by atoms with Gasteiger partial charge < -0.3 is 0 Å². The van der Waals surface area contributed by atoms with Crippen LogP contribution < -0.4 is 0 Å². The van der Waals surface area contributed by atoms with E-state index in [-0.39, 0.29) is 4.75 Å². The molecule has 14 heavy (non-hydrogen) atoms. The Morgan fingerprint density at radius 1 is 1.21 bits per heavy atom. The van der Waals surface area contributed by atoms with Gasteiger partial charge in [0.15, 0.2) is 0 Å². The molecule has 0 saturated carbocycles. The molecule has 0 unspecified atom stereocenters. The summed E-state index contributed by atoms with van der Waals surface area (Å²) in [5, 5.41) is 0. The second kappa shape index (κ2) is 5.20. The molecule has 0 spiro atoms. The highest BCUT2D eigenvalue weighted by atomic mass is 32.2. The van der Waals surface area contributed by atoms with Gasteiger partial charge in [-0.2, -0.15) is 0 Å². The predicted molar refractivity (Wildman–Crippen MR) is 66.0 cm³/mol. The standard InChI is InChI=1S/C12H17NS/c1-12(2,3)14-13-10-9-11-7-5-4-6-8-11/h4-8,10H,9H2,1-3H3/b13-10+. The molecule has 0 heterocycles. The zero-order chi connectivity index (χ0) is 10.4. The highest BCUT2D eigenvalue weighted by Gasteiger charge is 2.08. The maximum atomic E-state index is 4.33. The molecule has 0 aliphatic carbocycles. The molecule has 0 N–H and O–H groups in total. The Kier molecular flexibility index (Phi) is 4.21. The van der Waals surface area contributed by atoms with E-state index in [1.165, 1.54) is 5.56 Å². The van der Waals surface area contributed by atoms with E-state index in [9.17, 15) is 0 Å². The van der Waals surface area contributed by atoms with E-state index in [0.717, 1.165) is 6.42 Å². The number of benzene rings is 1. The second-order valence-corrected chi connectivity index (χ2v) is 5.80. The second-order valence-electron chi connectivity index (χ2n) is 4.18. The normalized spacial score (nSPS) is 12.2. The fraction of sp³-hybridized carbons (Fsp3) is 0.417. The van der Waals surface area contributed by atoms with Gasteiger partial charge in [0.2, 0.25) is 0 Å². The van der Waals surface area contributed by atoms with Crippen molar-refractivity contribution >= 4 is 18.2 Å². The lowest BCUT2D eigenvalue weighted by Crippen LogP contribution is -2.05. The van der Waals surface area contributed by atoms with Gasteiger partial charge in [-0.25, -0.2) is 4.40 Å². The van der Waals surface area contributed by atoms with Gasteiger partial charge in [0.25, 0.3) is 0 Å². The van der Waals surface area contributed by atoms with Crippen molar-refractivity contribution in [1.29, 1.82) is 0 Å². The van der Waals surface area contributed by atoms with Crippen LogP contribution in [0.1, 0.15) is 26.3 Å². The van der Waals surface area contributed by atoms with Crippen molar-refractivity contribution in [3.63, 3.8) is 0 Å². The third-order valence-electron chi connectivity index (χ3n) is 1.57. The van der Waals surface area contributed by atoms with E-state index in [1.807, 2.05) is 12.3 Å². The first-order valence-electron chi connectivity index (χ1n) is 4.82. The van der Waals surface area contributed by atoms with E-state index < -0.39 is 0 Å². The summed E-state index contributed by atoms with van der Waals surface area (Å²) in [4.78, 5) is 0. The molecule has 1 rings (SSSR count). The maximum Gasteiger partial charge on any atom is 0.0294 e. The predicted octanol–water partition coefficient (Wildman–Crippen LogP) is 3.75. The Labute approximate surface area is 90.8 Å². The topological polar surface area (TPSA) is 12.4 Å². The van der Waals surface area contributed by atoms with Gasteiger partial charge in [0.05, 0.1) is 0 Å². The van der Waals surface area contributed by atoms with E-state index >= 15 is 0 Å². The molecule has 1 nitrogen and oxygen atoms in total. The number of rotatable bonds is 3. The molecule has 0 aromatic heterocycles. The monoisotopic (exact) mass is 207 g/mol. The molecule has 2 heteroatoms. The summed E-state index contributed by atoms with van der Waals surface area (Å²) in [6.45, 7) is 6.49. The number of hydrogen-bond donors (Lipinski definition) is 0. The minimum absolute atomic E-state index is 0.215. The highest BCUT2D eigenvalue weighted by Crippen LogP contribution is 2.23. The average molecular weight is 207 g/mol. The first kappa shape index (κ1) is 11.3. The third kappa shape index (κ3) is 5.07. The van der Waals surface area contributed by atoms with Gasteiger partial charge in [-0.05, 0) is 38.3 Å². The Bertz CT molecular complexity index is 285. The summed E-state index contributed by atoms with van der Waals surface area (Å²) in [6, 6.07) is 10.4. The van der Waals surface area contributed by atoms with E-state index in [0.29, 0.717) is 0 Å². The SMILES string of the molecule is CC(C)(C)S/N=C/Cc1ccccc1. The average Bonchev–Trinajstić information content (AvgIpc) is 2.13. The smallest absolute Gasteiger partial charge is 0.0294 e. The van der Waals surface area contributed by atoms with Crippen molar-refractivity contribution in [3.05, 3.63) is 35.9 Å². The summed E-state index contributed by atoms with van der Waals surface area (Å²) < 4.78 is 4.55. The maximum absolute atomic E-state index is 4.33. The van der Waals surface area contributed by atoms with Gasteiger partial charge in [-0.3, -0.25) is 0 Å². The van der Waals surface area contributed by atoms with Crippen molar-refractivity contribution < 1.29 is 0 Å². The summed E-state index contributed by atoms with van der Waals surface area (Å²) in [5.74, 6) is 0. The first-order valence-corrected chi connectivity index (χ1v) is 5.59. The Morgan fingerprint density at radius 2 is 1.86 bits per heavy atom. The lowest BCUT2D eigenvalue weighted by atomic mass is 10.2. The first-order chi connectivity index (χ1) is 6.58. The molecule has 0 fully saturated rings. The molecule has 0 amide bonds. The quantitative estimate of drug-likeness (QED) is 0.543. The van der Waals surface area contributed by atoms with Crippen LogP contribution in [0.5, 0.6) is 0 Å². The molecule has 0 saturated heterocycles. The van der Waals surface area contributed by atoms with Crippen LogP contribution >= 0.6 is 11.9 Å². The van der Waals surface area contributed by atoms with Crippen LogP contribution in [-0.4, -0.2) is 11.0 Å². The summed E-state index contributed by atoms with van der Waals surface area (Å²) >= 11 is 1.62. The molecule has 1 aromatic carbocycles. The van der Waals surface area contributed by atoms with E-state index in [2.05, 4.69) is 49.4 Å². The Balaban J connectivity index is 2.35.